The maximum Gasteiger partial charge on any atom is 0.149 e. The standard InChI is InChI=1S/C14H21NO3/c1-2-6-15-11-13(16)12-3-7-18-14(10-12)4-8-17-9-5-14/h1,12,15H,3-11H2. The molecule has 0 radical (unpaired) electrons. The molecule has 2 rings (SSSR count). The van der Waals surface area contributed by atoms with E-state index in [1.54, 1.807) is 0 Å². The van der Waals surface area contributed by atoms with Crippen LogP contribution in [0.5, 0.6) is 0 Å². The summed E-state index contributed by atoms with van der Waals surface area (Å²) in [5, 5.41) is 2.97. The highest BCUT2D eigenvalue weighted by Gasteiger charge is 2.40. The van der Waals surface area contributed by atoms with Crippen LogP contribution in [0.1, 0.15) is 25.7 Å². The van der Waals surface area contributed by atoms with E-state index < -0.39 is 0 Å². The van der Waals surface area contributed by atoms with Gasteiger partial charge in [0, 0.05) is 25.7 Å². The lowest BCUT2D eigenvalue weighted by molar-refractivity contribution is -0.156. The zero-order chi connectivity index (χ0) is 12.8. The number of hydrogen-bond donors (Lipinski definition) is 1. The molecule has 1 atom stereocenters. The highest BCUT2D eigenvalue weighted by Crippen LogP contribution is 2.37. The minimum absolute atomic E-state index is 0.108. The van der Waals surface area contributed by atoms with Gasteiger partial charge in [-0.15, -0.1) is 6.42 Å². The molecule has 1 spiro atoms. The number of carbonyl (C=O) groups excluding carboxylic acids is 1. The van der Waals surface area contributed by atoms with E-state index in [4.69, 9.17) is 15.9 Å². The normalized spacial score (nSPS) is 26.7. The van der Waals surface area contributed by atoms with Gasteiger partial charge >= 0.3 is 0 Å². The largest absolute Gasteiger partial charge is 0.381 e. The predicted molar refractivity (Wildman–Crippen MR) is 68.2 cm³/mol. The van der Waals surface area contributed by atoms with Gasteiger partial charge in [-0.3, -0.25) is 10.1 Å². The third-order valence-corrected chi connectivity index (χ3v) is 3.88. The average molecular weight is 251 g/mol. The Kier molecular flexibility index (Phi) is 4.76. The summed E-state index contributed by atoms with van der Waals surface area (Å²) in [6.07, 6.45) is 8.64. The minimum Gasteiger partial charge on any atom is -0.381 e. The highest BCUT2D eigenvalue weighted by atomic mass is 16.5. The fourth-order valence-electron chi connectivity index (χ4n) is 2.80. The van der Waals surface area contributed by atoms with Gasteiger partial charge in [0.25, 0.3) is 0 Å². The first kappa shape index (κ1) is 13.5. The third-order valence-electron chi connectivity index (χ3n) is 3.88. The number of ketones is 1. The number of hydrogen-bond acceptors (Lipinski definition) is 4. The summed E-state index contributed by atoms with van der Waals surface area (Å²) in [6.45, 7) is 3.01. The summed E-state index contributed by atoms with van der Waals surface area (Å²) >= 11 is 0. The highest BCUT2D eigenvalue weighted by molar-refractivity contribution is 5.83. The van der Waals surface area contributed by atoms with E-state index >= 15 is 0 Å². The fourth-order valence-corrected chi connectivity index (χ4v) is 2.80. The maximum atomic E-state index is 12.1. The summed E-state index contributed by atoms with van der Waals surface area (Å²) in [4.78, 5) is 12.1. The van der Waals surface area contributed by atoms with Crippen molar-refractivity contribution in [3.05, 3.63) is 0 Å². The quantitative estimate of drug-likeness (QED) is 0.592. The van der Waals surface area contributed by atoms with Crippen molar-refractivity contribution in [1.29, 1.82) is 0 Å². The van der Waals surface area contributed by atoms with E-state index in [1.165, 1.54) is 0 Å². The van der Waals surface area contributed by atoms with E-state index in [2.05, 4.69) is 11.2 Å². The van der Waals surface area contributed by atoms with Gasteiger partial charge in [-0.2, -0.15) is 0 Å². The van der Waals surface area contributed by atoms with Gasteiger partial charge in [0.05, 0.1) is 18.7 Å². The smallest absolute Gasteiger partial charge is 0.149 e. The van der Waals surface area contributed by atoms with E-state index in [9.17, 15) is 4.79 Å². The second-order valence-corrected chi connectivity index (χ2v) is 5.11. The monoisotopic (exact) mass is 251 g/mol. The molecule has 0 aromatic rings. The van der Waals surface area contributed by atoms with E-state index in [1.807, 2.05) is 0 Å². The second-order valence-electron chi connectivity index (χ2n) is 5.11. The van der Waals surface area contributed by atoms with Crippen molar-refractivity contribution in [1.82, 2.24) is 5.32 Å². The van der Waals surface area contributed by atoms with Gasteiger partial charge in [0.2, 0.25) is 0 Å². The summed E-state index contributed by atoms with van der Waals surface area (Å²) in [6, 6.07) is 0. The van der Waals surface area contributed by atoms with Crippen molar-refractivity contribution < 1.29 is 14.3 Å². The Morgan fingerprint density at radius 1 is 1.39 bits per heavy atom. The van der Waals surface area contributed by atoms with Crippen molar-refractivity contribution >= 4 is 5.78 Å². The van der Waals surface area contributed by atoms with E-state index in [0.717, 1.165) is 38.9 Å². The molecule has 2 aliphatic heterocycles. The van der Waals surface area contributed by atoms with Crippen LogP contribution in [0.2, 0.25) is 0 Å². The zero-order valence-electron chi connectivity index (χ0n) is 10.7. The van der Waals surface area contributed by atoms with Crippen LogP contribution in [0.4, 0.5) is 0 Å². The van der Waals surface area contributed by atoms with Crippen LogP contribution in [-0.2, 0) is 14.3 Å². The molecule has 0 saturated carbocycles. The SMILES string of the molecule is C#CCNCC(=O)C1CCOC2(CCOCC2)C1. The molecular formula is C14H21NO3. The maximum absolute atomic E-state index is 12.1. The molecule has 1 N–H and O–H groups in total. The minimum atomic E-state index is -0.108. The van der Waals surface area contributed by atoms with Crippen LogP contribution in [0.15, 0.2) is 0 Å². The molecule has 0 aromatic carbocycles. The number of carbonyl (C=O) groups is 1. The van der Waals surface area contributed by atoms with Crippen LogP contribution in [0, 0.1) is 18.3 Å². The zero-order valence-corrected chi connectivity index (χ0v) is 10.7. The van der Waals surface area contributed by atoms with Crippen LogP contribution >= 0.6 is 0 Å². The van der Waals surface area contributed by atoms with Crippen molar-refractivity contribution in [3.8, 4) is 12.3 Å². The average Bonchev–Trinajstić information content (AvgIpc) is 2.40. The first-order chi connectivity index (χ1) is 8.76. The Morgan fingerprint density at radius 2 is 2.17 bits per heavy atom. The Balaban J connectivity index is 1.86. The molecule has 2 saturated heterocycles. The first-order valence-corrected chi connectivity index (χ1v) is 6.64. The van der Waals surface area contributed by atoms with E-state index in [0.29, 0.717) is 19.7 Å². The van der Waals surface area contributed by atoms with Crippen LogP contribution in [-0.4, -0.2) is 44.3 Å². The number of ether oxygens (including phenoxy) is 2. The van der Waals surface area contributed by atoms with Gasteiger partial charge in [-0.05, 0) is 25.7 Å². The van der Waals surface area contributed by atoms with Crippen molar-refractivity contribution in [3.63, 3.8) is 0 Å². The molecule has 100 valence electrons. The Hall–Kier alpha value is -0.890. The number of nitrogens with one attached hydrogen (secondary N) is 1. The molecule has 4 heteroatoms. The van der Waals surface area contributed by atoms with Crippen LogP contribution in [0.25, 0.3) is 0 Å². The lowest BCUT2D eigenvalue weighted by Gasteiger charge is -2.42. The predicted octanol–water partition coefficient (Wildman–Crippen LogP) is 0.754. The molecule has 0 amide bonds. The van der Waals surface area contributed by atoms with Crippen molar-refractivity contribution in [2.75, 3.05) is 32.9 Å². The van der Waals surface area contributed by atoms with E-state index in [-0.39, 0.29) is 17.3 Å². The summed E-state index contributed by atoms with van der Waals surface area (Å²) in [7, 11) is 0. The topological polar surface area (TPSA) is 47.6 Å². The molecule has 2 heterocycles. The lowest BCUT2D eigenvalue weighted by atomic mass is 9.79. The number of terminal acetylenes is 1. The molecule has 4 nitrogen and oxygen atoms in total. The number of rotatable bonds is 4. The fraction of sp³-hybridized carbons (Fsp3) is 0.786. The van der Waals surface area contributed by atoms with Gasteiger partial charge in [-0.25, -0.2) is 0 Å². The van der Waals surface area contributed by atoms with Crippen LogP contribution < -0.4 is 5.32 Å². The summed E-state index contributed by atoms with van der Waals surface area (Å²) in [5.74, 6) is 2.85. The lowest BCUT2D eigenvalue weighted by Crippen LogP contribution is -2.47. The Labute approximate surface area is 108 Å². The summed E-state index contributed by atoms with van der Waals surface area (Å²) in [5.41, 5.74) is -0.108. The molecule has 2 fully saturated rings. The van der Waals surface area contributed by atoms with Crippen LogP contribution in [0.3, 0.4) is 0 Å². The second kappa shape index (κ2) is 6.33. The third kappa shape index (κ3) is 3.32. The molecule has 0 aromatic heterocycles. The van der Waals surface area contributed by atoms with Gasteiger partial charge in [0.1, 0.15) is 5.78 Å². The van der Waals surface area contributed by atoms with Crippen molar-refractivity contribution in [2.45, 2.75) is 31.3 Å². The van der Waals surface area contributed by atoms with Gasteiger partial charge in [-0.1, -0.05) is 5.92 Å². The number of Topliss-reactive ketones (excluding diaryl/α,β-unsaturated/α-hetero) is 1. The van der Waals surface area contributed by atoms with Gasteiger partial charge < -0.3 is 9.47 Å². The first-order valence-electron chi connectivity index (χ1n) is 6.64. The Morgan fingerprint density at radius 3 is 2.89 bits per heavy atom. The molecular weight excluding hydrogens is 230 g/mol. The summed E-state index contributed by atoms with van der Waals surface area (Å²) < 4.78 is 11.3. The van der Waals surface area contributed by atoms with Gasteiger partial charge in [0.15, 0.2) is 0 Å². The molecule has 0 bridgehead atoms. The molecule has 0 aliphatic carbocycles. The molecule has 18 heavy (non-hydrogen) atoms. The molecule has 2 aliphatic rings. The molecule has 1 unspecified atom stereocenters. The van der Waals surface area contributed by atoms with Crippen molar-refractivity contribution in [2.24, 2.45) is 5.92 Å². The Bertz CT molecular complexity index is 323.